The van der Waals surface area contributed by atoms with Gasteiger partial charge < -0.3 is 9.51 Å². The molecular weight excluding hydrogens is 280 g/mol. The Hall–Kier alpha value is -2.47. The molecule has 1 atom stereocenters. The molecule has 0 saturated carbocycles. The standard InChI is InChI=1S/C16H16N4O2/c21-16-12-4-1-2-5-13(12)17-15(18-16)14-6-3-8-20(14)10-11-7-9-22-19-11/h1-2,4-5,7,9,14H,3,6,8,10H2,(H,17,18,21). The van der Waals surface area contributed by atoms with Crippen molar-refractivity contribution in [3.63, 3.8) is 0 Å². The smallest absolute Gasteiger partial charge is 0.258 e. The molecule has 0 amide bonds. The summed E-state index contributed by atoms with van der Waals surface area (Å²) in [5, 5.41) is 4.60. The Morgan fingerprint density at radius 1 is 1.32 bits per heavy atom. The Morgan fingerprint density at radius 2 is 2.23 bits per heavy atom. The van der Waals surface area contributed by atoms with Crippen LogP contribution in [0.3, 0.4) is 0 Å². The summed E-state index contributed by atoms with van der Waals surface area (Å²) < 4.78 is 4.89. The first kappa shape index (κ1) is 13.2. The molecule has 0 spiro atoms. The van der Waals surface area contributed by atoms with Gasteiger partial charge in [0.15, 0.2) is 0 Å². The number of aromatic amines is 1. The number of benzene rings is 1. The number of hydrogen-bond acceptors (Lipinski definition) is 5. The summed E-state index contributed by atoms with van der Waals surface area (Å²) in [4.78, 5) is 22.1. The second-order valence-corrected chi connectivity index (χ2v) is 5.59. The van der Waals surface area contributed by atoms with Crippen LogP contribution in [-0.4, -0.2) is 26.6 Å². The zero-order chi connectivity index (χ0) is 14.9. The normalized spacial score (nSPS) is 19.0. The Kier molecular flexibility index (Phi) is 3.23. The van der Waals surface area contributed by atoms with Crippen LogP contribution in [-0.2, 0) is 6.54 Å². The van der Waals surface area contributed by atoms with E-state index < -0.39 is 0 Å². The van der Waals surface area contributed by atoms with Crippen LogP contribution in [0.25, 0.3) is 10.9 Å². The predicted molar refractivity (Wildman–Crippen MR) is 81.3 cm³/mol. The van der Waals surface area contributed by atoms with E-state index in [4.69, 9.17) is 4.52 Å². The summed E-state index contributed by atoms with van der Waals surface area (Å²) in [6.45, 7) is 1.67. The molecule has 1 N–H and O–H groups in total. The van der Waals surface area contributed by atoms with Gasteiger partial charge in [-0.3, -0.25) is 9.69 Å². The molecule has 22 heavy (non-hydrogen) atoms. The van der Waals surface area contributed by atoms with E-state index in [1.165, 1.54) is 0 Å². The van der Waals surface area contributed by atoms with Crippen LogP contribution in [0.1, 0.15) is 30.4 Å². The first-order valence-electron chi connectivity index (χ1n) is 7.43. The van der Waals surface area contributed by atoms with Crippen LogP contribution in [0.5, 0.6) is 0 Å². The highest BCUT2D eigenvalue weighted by molar-refractivity contribution is 5.77. The van der Waals surface area contributed by atoms with E-state index in [0.717, 1.165) is 36.4 Å². The predicted octanol–water partition coefficient (Wildman–Crippen LogP) is 2.25. The first-order valence-corrected chi connectivity index (χ1v) is 7.43. The largest absolute Gasteiger partial charge is 0.364 e. The number of H-pyrrole nitrogens is 1. The molecule has 0 radical (unpaired) electrons. The van der Waals surface area contributed by atoms with Crippen LogP contribution in [0.4, 0.5) is 0 Å². The van der Waals surface area contributed by atoms with Gasteiger partial charge in [0.2, 0.25) is 0 Å². The Bertz CT molecular complexity index is 841. The Morgan fingerprint density at radius 3 is 3.09 bits per heavy atom. The molecule has 2 aromatic heterocycles. The fourth-order valence-electron chi connectivity index (χ4n) is 3.11. The van der Waals surface area contributed by atoms with E-state index in [9.17, 15) is 4.79 Å². The van der Waals surface area contributed by atoms with Gasteiger partial charge >= 0.3 is 0 Å². The van der Waals surface area contributed by atoms with Crippen LogP contribution >= 0.6 is 0 Å². The van der Waals surface area contributed by atoms with Crippen LogP contribution in [0.2, 0.25) is 0 Å². The Balaban J connectivity index is 1.69. The molecule has 1 aromatic carbocycles. The zero-order valence-corrected chi connectivity index (χ0v) is 12.0. The number of para-hydroxylation sites is 1. The molecule has 3 heterocycles. The maximum absolute atomic E-state index is 12.2. The molecule has 1 unspecified atom stereocenters. The minimum atomic E-state index is -0.0751. The summed E-state index contributed by atoms with van der Waals surface area (Å²) in [6.07, 6.45) is 3.65. The summed E-state index contributed by atoms with van der Waals surface area (Å²) >= 11 is 0. The van der Waals surface area contributed by atoms with Gasteiger partial charge in [0.25, 0.3) is 5.56 Å². The molecule has 112 valence electrons. The van der Waals surface area contributed by atoms with Gasteiger partial charge in [-0.15, -0.1) is 0 Å². The van der Waals surface area contributed by atoms with Crippen molar-refractivity contribution in [3.05, 3.63) is 58.5 Å². The van der Waals surface area contributed by atoms with Gasteiger partial charge in [-0.25, -0.2) is 4.98 Å². The summed E-state index contributed by atoms with van der Waals surface area (Å²) in [6, 6.07) is 9.42. The van der Waals surface area contributed by atoms with Crippen molar-refractivity contribution in [1.82, 2.24) is 20.0 Å². The fraction of sp³-hybridized carbons (Fsp3) is 0.312. The number of hydrogen-bond donors (Lipinski definition) is 1. The molecule has 3 aromatic rings. The average Bonchev–Trinajstić information content (AvgIpc) is 3.19. The molecule has 1 aliphatic heterocycles. The molecule has 1 saturated heterocycles. The summed E-state index contributed by atoms with van der Waals surface area (Å²) in [5.41, 5.74) is 1.57. The highest BCUT2D eigenvalue weighted by Gasteiger charge is 2.28. The maximum atomic E-state index is 12.2. The van der Waals surface area contributed by atoms with Crippen LogP contribution in [0, 0.1) is 0 Å². The third-order valence-electron chi connectivity index (χ3n) is 4.17. The maximum Gasteiger partial charge on any atom is 0.258 e. The van der Waals surface area contributed by atoms with Crippen molar-refractivity contribution in [2.45, 2.75) is 25.4 Å². The highest BCUT2D eigenvalue weighted by atomic mass is 16.5. The highest BCUT2D eigenvalue weighted by Crippen LogP contribution is 2.31. The van der Waals surface area contributed by atoms with Crippen molar-refractivity contribution in [1.29, 1.82) is 0 Å². The minimum absolute atomic E-state index is 0.0751. The van der Waals surface area contributed by atoms with Crippen molar-refractivity contribution in [2.75, 3.05) is 6.54 Å². The number of likely N-dealkylation sites (tertiary alicyclic amines) is 1. The van der Waals surface area contributed by atoms with Crippen LogP contribution in [0.15, 0.2) is 45.9 Å². The second kappa shape index (κ2) is 5.38. The van der Waals surface area contributed by atoms with E-state index in [0.29, 0.717) is 11.9 Å². The van der Waals surface area contributed by atoms with Crippen molar-refractivity contribution >= 4 is 10.9 Å². The number of nitrogens with one attached hydrogen (secondary N) is 1. The summed E-state index contributed by atoms with van der Waals surface area (Å²) in [5.74, 6) is 0.740. The molecule has 4 rings (SSSR count). The fourth-order valence-corrected chi connectivity index (χ4v) is 3.11. The monoisotopic (exact) mass is 296 g/mol. The minimum Gasteiger partial charge on any atom is -0.364 e. The van der Waals surface area contributed by atoms with E-state index >= 15 is 0 Å². The Labute approximate surface area is 126 Å². The first-order chi connectivity index (χ1) is 10.8. The summed E-state index contributed by atoms with van der Waals surface area (Å²) in [7, 11) is 0. The number of nitrogens with zero attached hydrogens (tertiary/aromatic N) is 3. The van der Waals surface area contributed by atoms with Gasteiger partial charge in [0.05, 0.1) is 22.6 Å². The van der Waals surface area contributed by atoms with Gasteiger partial charge in [0, 0.05) is 12.6 Å². The number of fused-ring (bicyclic) bond motifs is 1. The van der Waals surface area contributed by atoms with E-state index in [-0.39, 0.29) is 11.6 Å². The molecule has 0 bridgehead atoms. The topological polar surface area (TPSA) is 75.0 Å². The van der Waals surface area contributed by atoms with E-state index in [1.807, 2.05) is 24.3 Å². The van der Waals surface area contributed by atoms with Crippen molar-refractivity contribution < 1.29 is 4.52 Å². The van der Waals surface area contributed by atoms with Gasteiger partial charge in [-0.2, -0.15) is 0 Å². The lowest BCUT2D eigenvalue weighted by molar-refractivity contribution is 0.232. The second-order valence-electron chi connectivity index (χ2n) is 5.59. The molecule has 1 fully saturated rings. The lowest BCUT2D eigenvalue weighted by Gasteiger charge is -2.22. The van der Waals surface area contributed by atoms with Crippen molar-refractivity contribution in [3.8, 4) is 0 Å². The SMILES string of the molecule is O=c1[nH]c(C2CCCN2Cc2ccon2)nc2ccccc12. The quantitative estimate of drug-likeness (QED) is 0.802. The molecule has 0 aliphatic carbocycles. The third-order valence-corrected chi connectivity index (χ3v) is 4.17. The third kappa shape index (κ3) is 2.31. The van der Waals surface area contributed by atoms with Crippen LogP contribution < -0.4 is 5.56 Å². The van der Waals surface area contributed by atoms with Crippen molar-refractivity contribution in [2.24, 2.45) is 0 Å². The van der Waals surface area contributed by atoms with Gasteiger partial charge in [-0.1, -0.05) is 17.3 Å². The zero-order valence-electron chi connectivity index (χ0n) is 12.0. The van der Waals surface area contributed by atoms with Gasteiger partial charge in [-0.05, 0) is 31.5 Å². The van der Waals surface area contributed by atoms with E-state index in [2.05, 4.69) is 20.0 Å². The molecule has 6 heteroatoms. The van der Waals surface area contributed by atoms with E-state index in [1.54, 1.807) is 12.3 Å². The molecular formula is C16H16N4O2. The molecule has 1 aliphatic rings. The molecule has 6 nitrogen and oxygen atoms in total. The lowest BCUT2D eigenvalue weighted by atomic mass is 10.2. The average molecular weight is 296 g/mol. The lowest BCUT2D eigenvalue weighted by Crippen LogP contribution is -2.26. The number of aromatic nitrogens is 3. The number of rotatable bonds is 3. The van der Waals surface area contributed by atoms with Gasteiger partial charge in [0.1, 0.15) is 12.1 Å².